The third kappa shape index (κ3) is 3.50. The van der Waals surface area contributed by atoms with Gasteiger partial charge in [0.2, 0.25) is 0 Å². The predicted octanol–water partition coefficient (Wildman–Crippen LogP) is 3.87. The molecule has 0 aliphatic rings. The molecule has 0 aliphatic carbocycles. The number of alkyl halides is 5. The minimum Gasteiger partial charge on any atom is -0.492 e. The normalized spacial score (nSPS) is 12.2. The summed E-state index contributed by atoms with van der Waals surface area (Å²) in [7, 11) is 0. The number of rotatable bonds is 4. The molecule has 0 unspecified atom stereocenters. The third-order valence-corrected chi connectivity index (χ3v) is 2.37. The summed E-state index contributed by atoms with van der Waals surface area (Å²) in [6, 6.07) is 3.59. The summed E-state index contributed by atoms with van der Waals surface area (Å²) in [6.07, 6.45) is -5.98. The molecule has 1 aromatic rings. The first-order chi connectivity index (χ1) is 9.09. The van der Waals surface area contributed by atoms with Gasteiger partial charge in [0.25, 0.3) is 0 Å². The minimum atomic E-state index is -5.98. The van der Waals surface area contributed by atoms with E-state index in [1.54, 1.807) is 6.92 Å². The highest BCUT2D eigenvalue weighted by molar-refractivity contribution is 6.31. The van der Waals surface area contributed by atoms with Gasteiger partial charge in [-0.2, -0.15) is 22.0 Å². The average molecular weight is 318 g/mol. The molecule has 1 amide bonds. The lowest BCUT2D eigenvalue weighted by Crippen LogP contribution is -2.47. The third-order valence-electron chi connectivity index (χ3n) is 2.13. The van der Waals surface area contributed by atoms with Crippen LogP contribution in [0.5, 0.6) is 5.75 Å². The fourth-order valence-corrected chi connectivity index (χ4v) is 1.38. The van der Waals surface area contributed by atoms with E-state index in [1.807, 2.05) is 0 Å². The van der Waals surface area contributed by atoms with Crippen molar-refractivity contribution in [2.75, 3.05) is 11.9 Å². The van der Waals surface area contributed by atoms with Gasteiger partial charge in [0.05, 0.1) is 12.3 Å². The number of ether oxygens (including phenoxy) is 1. The Kier molecular flexibility index (Phi) is 4.80. The van der Waals surface area contributed by atoms with E-state index in [-0.39, 0.29) is 23.1 Å². The highest BCUT2D eigenvalue weighted by atomic mass is 35.5. The summed E-state index contributed by atoms with van der Waals surface area (Å²) in [4.78, 5) is 11.1. The molecule has 1 N–H and O–H groups in total. The number of hydrogen-bond acceptors (Lipinski definition) is 2. The van der Waals surface area contributed by atoms with Crippen LogP contribution in [0.3, 0.4) is 0 Å². The number of halogens is 6. The minimum absolute atomic E-state index is 0.0408. The monoisotopic (exact) mass is 317 g/mol. The maximum absolute atomic E-state index is 12.8. The molecule has 9 heteroatoms. The molecule has 0 saturated carbocycles. The van der Waals surface area contributed by atoms with Crippen molar-refractivity contribution in [3.63, 3.8) is 0 Å². The summed E-state index contributed by atoms with van der Waals surface area (Å²) in [5, 5.41) is 1.51. The second-order valence-corrected chi connectivity index (χ2v) is 4.04. The van der Waals surface area contributed by atoms with Crippen LogP contribution < -0.4 is 10.1 Å². The van der Waals surface area contributed by atoms with Gasteiger partial charge in [0.1, 0.15) is 5.75 Å². The summed E-state index contributed by atoms with van der Waals surface area (Å²) in [5.41, 5.74) is -0.367. The number of hydrogen-bond donors (Lipinski definition) is 1. The lowest BCUT2D eigenvalue weighted by molar-refractivity contribution is -0.267. The Morgan fingerprint density at radius 2 is 1.90 bits per heavy atom. The Balaban J connectivity index is 3.04. The molecular weight excluding hydrogens is 309 g/mol. The van der Waals surface area contributed by atoms with Crippen molar-refractivity contribution in [3.05, 3.63) is 23.2 Å². The van der Waals surface area contributed by atoms with Gasteiger partial charge >= 0.3 is 18.0 Å². The van der Waals surface area contributed by atoms with Crippen molar-refractivity contribution < 1.29 is 31.5 Å². The lowest BCUT2D eigenvalue weighted by Gasteiger charge is -2.19. The molecule has 20 heavy (non-hydrogen) atoms. The fraction of sp³-hybridized carbons (Fsp3) is 0.364. The predicted molar refractivity (Wildman–Crippen MR) is 62.3 cm³/mol. The molecule has 0 spiro atoms. The van der Waals surface area contributed by atoms with Crippen molar-refractivity contribution in [1.82, 2.24) is 0 Å². The van der Waals surface area contributed by atoms with Crippen LogP contribution in [-0.4, -0.2) is 24.6 Å². The molecule has 0 aliphatic heterocycles. The quantitative estimate of drug-likeness (QED) is 0.856. The molecule has 0 bridgehead atoms. The van der Waals surface area contributed by atoms with E-state index in [4.69, 9.17) is 16.3 Å². The van der Waals surface area contributed by atoms with Crippen molar-refractivity contribution in [1.29, 1.82) is 0 Å². The molecule has 3 nitrogen and oxygen atoms in total. The largest absolute Gasteiger partial charge is 0.492 e. The van der Waals surface area contributed by atoms with Gasteiger partial charge in [-0.05, 0) is 25.1 Å². The van der Waals surface area contributed by atoms with Crippen LogP contribution in [0.15, 0.2) is 18.2 Å². The Hall–Kier alpha value is -1.57. The van der Waals surface area contributed by atoms with E-state index in [0.29, 0.717) is 0 Å². The molecule has 0 aromatic heterocycles. The van der Waals surface area contributed by atoms with Crippen molar-refractivity contribution in [2.45, 2.75) is 19.0 Å². The first-order valence-corrected chi connectivity index (χ1v) is 5.65. The Morgan fingerprint density at radius 3 is 2.40 bits per heavy atom. The van der Waals surface area contributed by atoms with Crippen LogP contribution in [-0.2, 0) is 4.79 Å². The molecule has 1 rings (SSSR count). The smallest absolute Gasteiger partial charge is 0.463 e. The lowest BCUT2D eigenvalue weighted by atomic mass is 10.2. The maximum atomic E-state index is 12.8. The standard InChI is InChI=1S/C11H9ClF5NO2/c1-2-20-8-4-3-6(12)5-7(8)18-9(19)10(13,14)11(15,16)17/h3-5H,2H2,1H3,(H,18,19). The zero-order chi connectivity index (χ0) is 15.6. The van der Waals surface area contributed by atoms with Crippen LogP contribution in [0, 0.1) is 0 Å². The summed E-state index contributed by atoms with van der Waals surface area (Å²) in [5.74, 6) is -8.09. The van der Waals surface area contributed by atoms with E-state index >= 15 is 0 Å². The van der Waals surface area contributed by atoms with E-state index in [2.05, 4.69) is 0 Å². The number of carbonyl (C=O) groups is 1. The Bertz CT molecular complexity index is 504. The molecular formula is C11H9ClF5NO2. The number of amides is 1. The number of benzene rings is 1. The molecule has 0 radical (unpaired) electrons. The van der Waals surface area contributed by atoms with Gasteiger partial charge < -0.3 is 10.1 Å². The topological polar surface area (TPSA) is 38.3 Å². The van der Waals surface area contributed by atoms with Crippen LogP contribution >= 0.6 is 11.6 Å². The van der Waals surface area contributed by atoms with Crippen LogP contribution in [0.1, 0.15) is 6.92 Å². The highest BCUT2D eigenvalue weighted by Crippen LogP contribution is 2.37. The van der Waals surface area contributed by atoms with E-state index in [1.165, 1.54) is 17.4 Å². The van der Waals surface area contributed by atoms with Crippen molar-refractivity contribution >= 4 is 23.2 Å². The van der Waals surface area contributed by atoms with E-state index in [9.17, 15) is 26.7 Å². The number of anilines is 1. The molecule has 0 fully saturated rings. The van der Waals surface area contributed by atoms with Crippen LogP contribution in [0.2, 0.25) is 5.02 Å². The van der Waals surface area contributed by atoms with Gasteiger partial charge in [-0.3, -0.25) is 4.79 Å². The number of nitrogens with one attached hydrogen (secondary N) is 1. The van der Waals surface area contributed by atoms with Gasteiger partial charge in [0, 0.05) is 5.02 Å². The molecule has 0 saturated heterocycles. The van der Waals surface area contributed by atoms with Gasteiger partial charge in [-0.25, -0.2) is 0 Å². The first kappa shape index (κ1) is 16.5. The van der Waals surface area contributed by atoms with Crippen molar-refractivity contribution in [3.8, 4) is 5.75 Å². The molecule has 0 atom stereocenters. The van der Waals surface area contributed by atoms with E-state index < -0.39 is 18.0 Å². The fourth-order valence-electron chi connectivity index (χ4n) is 1.21. The highest BCUT2D eigenvalue weighted by Gasteiger charge is 2.63. The average Bonchev–Trinajstić information content (AvgIpc) is 2.31. The molecule has 112 valence electrons. The van der Waals surface area contributed by atoms with Gasteiger partial charge in [-0.1, -0.05) is 11.6 Å². The second-order valence-electron chi connectivity index (χ2n) is 3.60. The van der Waals surface area contributed by atoms with Gasteiger partial charge in [-0.15, -0.1) is 0 Å². The zero-order valence-corrected chi connectivity index (χ0v) is 10.8. The summed E-state index contributed by atoms with van der Waals surface area (Å²) < 4.78 is 66.8. The van der Waals surface area contributed by atoms with Gasteiger partial charge in [0.15, 0.2) is 0 Å². The molecule has 0 heterocycles. The van der Waals surface area contributed by atoms with Crippen LogP contribution in [0.4, 0.5) is 27.6 Å². The first-order valence-electron chi connectivity index (χ1n) is 5.28. The van der Waals surface area contributed by atoms with Crippen LogP contribution in [0.25, 0.3) is 0 Å². The maximum Gasteiger partial charge on any atom is 0.463 e. The second kappa shape index (κ2) is 5.82. The zero-order valence-electron chi connectivity index (χ0n) is 10.0. The Morgan fingerprint density at radius 1 is 1.30 bits per heavy atom. The summed E-state index contributed by atoms with van der Waals surface area (Å²) >= 11 is 5.59. The number of carbonyl (C=O) groups excluding carboxylic acids is 1. The van der Waals surface area contributed by atoms with E-state index in [0.717, 1.165) is 6.07 Å². The summed E-state index contributed by atoms with van der Waals surface area (Å²) in [6.45, 7) is 1.70. The molecule has 1 aromatic carbocycles. The SMILES string of the molecule is CCOc1ccc(Cl)cc1NC(=O)C(F)(F)C(F)(F)F. The van der Waals surface area contributed by atoms with Crippen molar-refractivity contribution in [2.24, 2.45) is 0 Å². The Labute approximate surface area is 115 Å².